The molecule has 3 rings (SSSR count). The fourth-order valence-electron chi connectivity index (χ4n) is 3.74. The molecule has 1 aromatic carbocycles. The Morgan fingerprint density at radius 1 is 1.33 bits per heavy atom. The standard InChI is InChI=1S/C21H27FO5/c1-4-5-8-25-19-10-15(17(22)12-18(19)24-3)9-14(2)21-7-6-16(23)11-20(21)26-13-27-21/h10-12,14H,4-9,13H2,1-3H3/t14-,21+/m0/s1. The molecule has 2 atom stereocenters. The Balaban J connectivity index is 1.83. The number of benzene rings is 1. The van der Waals surface area contributed by atoms with Crippen LogP contribution in [-0.4, -0.2) is 31.9 Å². The molecule has 5 nitrogen and oxygen atoms in total. The molecule has 1 aromatic rings. The Hall–Kier alpha value is -2.08. The average Bonchev–Trinajstić information content (AvgIpc) is 3.08. The van der Waals surface area contributed by atoms with E-state index in [9.17, 15) is 9.18 Å². The van der Waals surface area contributed by atoms with Gasteiger partial charge in [-0.15, -0.1) is 0 Å². The van der Waals surface area contributed by atoms with E-state index in [2.05, 4.69) is 6.92 Å². The van der Waals surface area contributed by atoms with Crippen molar-refractivity contribution in [2.75, 3.05) is 20.5 Å². The Bertz CT molecular complexity index is 730. The molecule has 0 spiro atoms. The maximum atomic E-state index is 14.7. The minimum Gasteiger partial charge on any atom is -0.493 e. The molecule has 0 amide bonds. The van der Waals surface area contributed by atoms with Crippen LogP contribution in [0.2, 0.25) is 0 Å². The minimum absolute atomic E-state index is 0.0422. The maximum absolute atomic E-state index is 14.7. The number of hydrogen-bond acceptors (Lipinski definition) is 5. The molecule has 148 valence electrons. The molecular weight excluding hydrogens is 351 g/mol. The van der Waals surface area contributed by atoms with Crippen molar-refractivity contribution < 1.29 is 28.1 Å². The maximum Gasteiger partial charge on any atom is 0.189 e. The number of hydrogen-bond donors (Lipinski definition) is 0. The van der Waals surface area contributed by atoms with Crippen molar-refractivity contribution in [3.05, 3.63) is 35.3 Å². The van der Waals surface area contributed by atoms with E-state index >= 15 is 0 Å². The number of carbonyl (C=O) groups is 1. The molecule has 1 saturated heterocycles. The van der Waals surface area contributed by atoms with E-state index in [1.807, 2.05) is 6.92 Å². The number of rotatable bonds is 8. The summed E-state index contributed by atoms with van der Waals surface area (Å²) in [6.07, 6.45) is 4.86. The van der Waals surface area contributed by atoms with E-state index in [4.69, 9.17) is 18.9 Å². The molecule has 1 aliphatic carbocycles. The first-order valence-corrected chi connectivity index (χ1v) is 9.51. The van der Waals surface area contributed by atoms with Gasteiger partial charge in [-0.2, -0.15) is 0 Å². The molecule has 0 bridgehead atoms. The quantitative estimate of drug-likeness (QED) is 0.635. The number of halogens is 1. The van der Waals surface area contributed by atoms with E-state index in [-0.39, 0.29) is 24.3 Å². The van der Waals surface area contributed by atoms with Gasteiger partial charge in [-0.3, -0.25) is 4.79 Å². The van der Waals surface area contributed by atoms with Crippen LogP contribution in [0, 0.1) is 11.7 Å². The average molecular weight is 378 g/mol. The molecular formula is C21H27FO5. The summed E-state index contributed by atoms with van der Waals surface area (Å²) < 4.78 is 37.1. The zero-order valence-electron chi connectivity index (χ0n) is 16.2. The van der Waals surface area contributed by atoms with Crippen molar-refractivity contribution in [3.63, 3.8) is 0 Å². The highest BCUT2D eigenvalue weighted by atomic mass is 19.1. The Kier molecular flexibility index (Phi) is 6.05. The number of methoxy groups -OCH3 is 1. The number of carbonyl (C=O) groups excluding carboxylic acids is 1. The summed E-state index contributed by atoms with van der Waals surface area (Å²) in [7, 11) is 1.50. The van der Waals surface area contributed by atoms with Gasteiger partial charge in [-0.05, 0) is 36.8 Å². The predicted octanol–water partition coefficient (Wildman–Crippen LogP) is 4.18. The first-order valence-electron chi connectivity index (χ1n) is 9.51. The van der Waals surface area contributed by atoms with E-state index in [1.54, 1.807) is 6.07 Å². The monoisotopic (exact) mass is 378 g/mol. The van der Waals surface area contributed by atoms with Gasteiger partial charge in [0.1, 0.15) is 17.2 Å². The zero-order valence-corrected chi connectivity index (χ0v) is 16.2. The van der Waals surface area contributed by atoms with Crippen LogP contribution < -0.4 is 9.47 Å². The van der Waals surface area contributed by atoms with Crippen LogP contribution >= 0.6 is 0 Å². The smallest absolute Gasteiger partial charge is 0.189 e. The second-order valence-corrected chi connectivity index (χ2v) is 7.17. The summed E-state index contributed by atoms with van der Waals surface area (Å²) >= 11 is 0. The number of ether oxygens (including phenoxy) is 4. The summed E-state index contributed by atoms with van der Waals surface area (Å²) in [6.45, 7) is 4.77. The summed E-state index contributed by atoms with van der Waals surface area (Å²) in [5.74, 6) is 1.15. The van der Waals surface area contributed by atoms with Gasteiger partial charge in [0.15, 0.2) is 24.1 Å². The van der Waals surface area contributed by atoms with E-state index in [0.717, 1.165) is 12.8 Å². The zero-order chi connectivity index (χ0) is 19.4. The van der Waals surface area contributed by atoms with E-state index in [1.165, 1.54) is 19.3 Å². The number of allylic oxidation sites excluding steroid dienone is 1. The van der Waals surface area contributed by atoms with Crippen LogP contribution in [0.1, 0.15) is 45.1 Å². The van der Waals surface area contributed by atoms with Gasteiger partial charge in [0, 0.05) is 18.6 Å². The van der Waals surface area contributed by atoms with Crippen LogP contribution in [-0.2, 0) is 20.7 Å². The second kappa shape index (κ2) is 8.30. The SMILES string of the molecule is CCCCOc1cc(C[C@H](C)[C@]23CCC(=O)C=C2OCO3)c(F)cc1OC. The fraction of sp³-hybridized carbons (Fsp3) is 0.571. The summed E-state index contributed by atoms with van der Waals surface area (Å²) in [4.78, 5) is 11.7. The third kappa shape index (κ3) is 3.95. The lowest BCUT2D eigenvalue weighted by Crippen LogP contribution is -2.41. The molecule has 2 aliphatic rings. The first kappa shape index (κ1) is 19.7. The third-order valence-electron chi connectivity index (χ3n) is 5.39. The Labute approximate surface area is 159 Å². The van der Waals surface area contributed by atoms with Gasteiger partial charge < -0.3 is 18.9 Å². The highest BCUT2D eigenvalue weighted by Crippen LogP contribution is 2.44. The molecule has 0 aromatic heterocycles. The van der Waals surface area contributed by atoms with E-state index in [0.29, 0.717) is 48.7 Å². The lowest BCUT2D eigenvalue weighted by molar-refractivity contribution is -0.117. The van der Waals surface area contributed by atoms with Gasteiger partial charge in [-0.1, -0.05) is 20.3 Å². The van der Waals surface area contributed by atoms with Gasteiger partial charge >= 0.3 is 0 Å². The molecule has 0 radical (unpaired) electrons. The molecule has 0 N–H and O–H groups in total. The van der Waals surface area contributed by atoms with Crippen LogP contribution in [0.4, 0.5) is 4.39 Å². The lowest BCUT2D eigenvalue weighted by atomic mass is 9.76. The van der Waals surface area contributed by atoms with Crippen molar-refractivity contribution in [1.82, 2.24) is 0 Å². The van der Waals surface area contributed by atoms with Crippen molar-refractivity contribution >= 4 is 5.78 Å². The summed E-state index contributed by atoms with van der Waals surface area (Å²) in [5.41, 5.74) is -0.125. The van der Waals surface area contributed by atoms with Crippen molar-refractivity contribution in [3.8, 4) is 11.5 Å². The van der Waals surface area contributed by atoms with Gasteiger partial charge in [0.05, 0.1) is 13.7 Å². The highest BCUT2D eigenvalue weighted by molar-refractivity contribution is 5.91. The summed E-state index contributed by atoms with van der Waals surface area (Å²) in [5, 5.41) is 0. The summed E-state index contributed by atoms with van der Waals surface area (Å²) in [6, 6.07) is 3.08. The van der Waals surface area contributed by atoms with Gasteiger partial charge in [-0.25, -0.2) is 4.39 Å². The predicted molar refractivity (Wildman–Crippen MR) is 98.3 cm³/mol. The first-order chi connectivity index (χ1) is 13.0. The third-order valence-corrected chi connectivity index (χ3v) is 5.39. The number of ketones is 1. The molecule has 6 heteroatoms. The largest absolute Gasteiger partial charge is 0.493 e. The fourth-order valence-corrected chi connectivity index (χ4v) is 3.74. The van der Waals surface area contributed by atoms with Crippen molar-refractivity contribution in [2.45, 2.75) is 51.6 Å². The van der Waals surface area contributed by atoms with Crippen LogP contribution in [0.5, 0.6) is 11.5 Å². The second-order valence-electron chi connectivity index (χ2n) is 7.17. The van der Waals surface area contributed by atoms with Crippen LogP contribution in [0.15, 0.2) is 24.0 Å². The number of fused-ring (bicyclic) bond motifs is 1. The molecule has 27 heavy (non-hydrogen) atoms. The molecule has 0 saturated carbocycles. The van der Waals surface area contributed by atoms with Gasteiger partial charge in [0.25, 0.3) is 0 Å². The molecule has 1 aliphatic heterocycles. The van der Waals surface area contributed by atoms with Crippen LogP contribution in [0.25, 0.3) is 0 Å². The Morgan fingerprint density at radius 3 is 2.89 bits per heavy atom. The molecule has 1 fully saturated rings. The minimum atomic E-state index is -0.663. The number of unbranched alkanes of at least 4 members (excludes halogenated alkanes) is 1. The van der Waals surface area contributed by atoms with Crippen LogP contribution in [0.3, 0.4) is 0 Å². The lowest BCUT2D eigenvalue weighted by Gasteiger charge is -2.35. The molecule has 1 heterocycles. The Morgan fingerprint density at radius 2 is 2.15 bits per heavy atom. The van der Waals surface area contributed by atoms with Gasteiger partial charge in [0.2, 0.25) is 0 Å². The van der Waals surface area contributed by atoms with Crippen molar-refractivity contribution in [1.29, 1.82) is 0 Å². The van der Waals surface area contributed by atoms with Crippen molar-refractivity contribution in [2.24, 2.45) is 5.92 Å². The molecule has 0 unspecified atom stereocenters. The normalized spacial score (nSPS) is 22.7. The topological polar surface area (TPSA) is 54.0 Å². The van der Waals surface area contributed by atoms with E-state index < -0.39 is 5.60 Å². The highest BCUT2D eigenvalue weighted by Gasteiger charge is 2.49.